The van der Waals surface area contributed by atoms with Gasteiger partial charge in [0.1, 0.15) is 17.9 Å². The molecule has 2 N–H and O–H groups in total. The molecule has 0 aliphatic heterocycles. The Bertz CT molecular complexity index is 866. The Morgan fingerprint density at radius 1 is 1.17 bits per heavy atom. The highest BCUT2D eigenvalue weighted by Gasteiger charge is 2.12. The van der Waals surface area contributed by atoms with Crippen molar-refractivity contribution in [1.29, 1.82) is 0 Å². The molecule has 122 valence electrons. The Kier molecular flexibility index (Phi) is 4.56. The Balaban J connectivity index is 2.08. The maximum absolute atomic E-state index is 11.4. The minimum Gasteiger partial charge on any atom is -0.492 e. The smallest absolute Gasteiger partial charge is 0.221 e. The second-order valence-corrected chi connectivity index (χ2v) is 5.19. The number of nitrogens with zero attached hydrogens (tertiary/aromatic N) is 2. The summed E-state index contributed by atoms with van der Waals surface area (Å²) >= 11 is 0. The molecule has 1 heterocycles. The van der Waals surface area contributed by atoms with Crippen molar-refractivity contribution in [3.05, 3.63) is 48.8 Å². The molecule has 0 spiro atoms. The van der Waals surface area contributed by atoms with Crippen LogP contribution in [-0.2, 0) is 4.79 Å². The number of anilines is 3. The zero-order chi connectivity index (χ0) is 16.9. The van der Waals surface area contributed by atoms with Gasteiger partial charge in [0.05, 0.1) is 17.8 Å². The maximum atomic E-state index is 11.4. The van der Waals surface area contributed by atoms with Gasteiger partial charge in [-0.25, -0.2) is 9.97 Å². The fourth-order valence-corrected chi connectivity index (χ4v) is 2.40. The molecule has 0 bridgehead atoms. The molecular weight excluding hydrogens is 304 g/mol. The molecular formula is C18H18N4O2. The van der Waals surface area contributed by atoms with Crippen LogP contribution in [0.5, 0.6) is 5.75 Å². The number of hydrogen-bond acceptors (Lipinski definition) is 5. The third kappa shape index (κ3) is 3.43. The number of ether oxygens (including phenoxy) is 1. The monoisotopic (exact) mass is 322 g/mol. The van der Waals surface area contributed by atoms with Gasteiger partial charge in [-0.2, -0.15) is 0 Å². The third-order valence-corrected chi connectivity index (χ3v) is 3.38. The lowest BCUT2D eigenvalue weighted by molar-refractivity contribution is -0.114. The molecule has 0 fully saturated rings. The van der Waals surface area contributed by atoms with E-state index in [1.807, 2.05) is 43.3 Å². The molecule has 3 aromatic rings. The highest BCUT2D eigenvalue weighted by molar-refractivity contribution is 5.98. The summed E-state index contributed by atoms with van der Waals surface area (Å²) in [6, 6.07) is 13.4. The average molecular weight is 322 g/mol. The number of benzene rings is 2. The van der Waals surface area contributed by atoms with Gasteiger partial charge >= 0.3 is 0 Å². The molecule has 1 amide bonds. The van der Waals surface area contributed by atoms with Gasteiger partial charge < -0.3 is 15.4 Å². The van der Waals surface area contributed by atoms with Gasteiger partial charge in [0.25, 0.3) is 0 Å². The van der Waals surface area contributed by atoms with E-state index < -0.39 is 0 Å². The normalized spacial score (nSPS) is 10.4. The summed E-state index contributed by atoms with van der Waals surface area (Å²) in [5.74, 6) is 1.11. The van der Waals surface area contributed by atoms with Crippen molar-refractivity contribution in [2.75, 3.05) is 17.2 Å². The SMILES string of the molecule is CCOc1cc2c(Nc3ccccc3)ncnc2cc1NC(C)=O. The van der Waals surface area contributed by atoms with Crippen LogP contribution >= 0.6 is 0 Å². The predicted octanol–water partition coefficient (Wildman–Crippen LogP) is 3.73. The van der Waals surface area contributed by atoms with E-state index in [1.54, 1.807) is 6.07 Å². The van der Waals surface area contributed by atoms with E-state index in [9.17, 15) is 4.79 Å². The topological polar surface area (TPSA) is 76.1 Å². The van der Waals surface area contributed by atoms with Crippen LogP contribution in [0.3, 0.4) is 0 Å². The minimum atomic E-state index is -0.160. The summed E-state index contributed by atoms with van der Waals surface area (Å²) in [6.45, 7) is 3.85. The lowest BCUT2D eigenvalue weighted by Crippen LogP contribution is -2.08. The second-order valence-electron chi connectivity index (χ2n) is 5.19. The van der Waals surface area contributed by atoms with Crippen LogP contribution in [0.2, 0.25) is 0 Å². The molecule has 0 aliphatic rings. The van der Waals surface area contributed by atoms with Crippen LogP contribution in [-0.4, -0.2) is 22.5 Å². The van der Waals surface area contributed by atoms with Gasteiger partial charge in [-0.3, -0.25) is 4.79 Å². The average Bonchev–Trinajstić information content (AvgIpc) is 2.57. The third-order valence-electron chi connectivity index (χ3n) is 3.38. The highest BCUT2D eigenvalue weighted by Crippen LogP contribution is 2.33. The minimum absolute atomic E-state index is 0.160. The number of hydrogen-bond donors (Lipinski definition) is 2. The fraction of sp³-hybridized carbons (Fsp3) is 0.167. The number of amides is 1. The quantitative estimate of drug-likeness (QED) is 0.748. The Morgan fingerprint density at radius 3 is 2.67 bits per heavy atom. The van der Waals surface area contributed by atoms with E-state index in [4.69, 9.17) is 4.74 Å². The van der Waals surface area contributed by atoms with Crippen molar-refractivity contribution in [2.45, 2.75) is 13.8 Å². The van der Waals surface area contributed by atoms with Crippen molar-refractivity contribution in [1.82, 2.24) is 9.97 Å². The summed E-state index contributed by atoms with van der Waals surface area (Å²) < 4.78 is 5.65. The van der Waals surface area contributed by atoms with E-state index in [1.165, 1.54) is 13.3 Å². The number of fused-ring (bicyclic) bond motifs is 1. The fourth-order valence-electron chi connectivity index (χ4n) is 2.40. The summed E-state index contributed by atoms with van der Waals surface area (Å²) in [5, 5.41) is 6.88. The molecule has 0 aliphatic carbocycles. The molecule has 0 saturated carbocycles. The van der Waals surface area contributed by atoms with Crippen molar-refractivity contribution >= 4 is 34.0 Å². The summed E-state index contributed by atoms with van der Waals surface area (Å²) in [4.78, 5) is 20.0. The zero-order valence-corrected chi connectivity index (χ0v) is 13.5. The Hall–Kier alpha value is -3.15. The number of aromatic nitrogens is 2. The van der Waals surface area contributed by atoms with Gasteiger partial charge in [-0.1, -0.05) is 18.2 Å². The largest absolute Gasteiger partial charge is 0.492 e. The molecule has 6 heteroatoms. The molecule has 6 nitrogen and oxygen atoms in total. The first-order chi connectivity index (χ1) is 11.7. The number of nitrogens with one attached hydrogen (secondary N) is 2. The maximum Gasteiger partial charge on any atom is 0.221 e. The Morgan fingerprint density at radius 2 is 1.96 bits per heavy atom. The van der Waals surface area contributed by atoms with Gasteiger partial charge in [0.15, 0.2) is 0 Å². The van der Waals surface area contributed by atoms with Crippen LogP contribution in [0.4, 0.5) is 17.2 Å². The highest BCUT2D eigenvalue weighted by atomic mass is 16.5. The van der Waals surface area contributed by atoms with Gasteiger partial charge in [-0.05, 0) is 31.2 Å². The molecule has 3 rings (SSSR count). The number of carbonyl (C=O) groups is 1. The summed E-state index contributed by atoms with van der Waals surface area (Å²) in [7, 11) is 0. The first-order valence-electron chi connectivity index (χ1n) is 7.68. The van der Waals surface area contributed by atoms with Gasteiger partial charge in [0, 0.05) is 18.0 Å². The standard InChI is InChI=1S/C18H18N4O2/c1-3-24-17-9-14-15(10-16(17)21-12(2)23)19-11-20-18(14)22-13-7-5-4-6-8-13/h4-11H,3H2,1-2H3,(H,21,23)(H,19,20,22). The van der Waals surface area contributed by atoms with E-state index in [-0.39, 0.29) is 5.91 Å². The second kappa shape index (κ2) is 6.95. The predicted molar refractivity (Wildman–Crippen MR) is 94.7 cm³/mol. The van der Waals surface area contributed by atoms with Crippen LogP contribution in [0.25, 0.3) is 10.9 Å². The zero-order valence-electron chi connectivity index (χ0n) is 13.5. The van der Waals surface area contributed by atoms with Crippen LogP contribution in [0.15, 0.2) is 48.8 Å². The van der Waals surface area contributed by atoms with Crippen molar-refractivity contribution < 1.29 is 9.53 Å². The van der Waals surface area contributed by atoms with Crippen molar-refractivity contribution in [3.63, 3.8) is 0 Å². The molecule has 2 aromatic carbocycles. The van der Waals surface area contributed by atoms with E-state index in [0.29, 0.717) is 23.9 Å². The number of rotatable bonds is 5. The molecule has 1 aromatic heterocycles. The van der Waals surface area contributed by atoms with E-state index in [0.717, 1.165) is 16.6 Å². The molecule has 0 atom stereocenters. The van der Waals surface area contributed by atoms with Crippen molar-refractivity contribution in [2.24, 2.45) is 0 Å². The number of para-hydroxylation sites is 1. The van der Waals surface area contributed by atoms with Crippen LogP contribution in [0.1, 0.15) is 13.8 Å². The van der Waals surface area contributed by atoms with Gasteiger partial charge in [-0.15, -0.1) is 0 Å². The van der Waals surface area contributed by atoms with Crippen LogP contribution < -0.4 is 15.4 Å². The lowest BCUT2D eigenvalue weighted by Gasteiger charge is -2.14. The molecule has 24 heavy (non-hydrogen) atoms. The lowest BCUT2D eigenvalue weighted by atomic mass is 10.2. The molecule has 0 saturated heterocycles. The molecule has 0 radical (unpaired) electrons. The summed E-state index contributed by atoms with van der Waals surface area (Å²) in [6.07, 6.45) is 1.49. The van der Waals surface area contributed by atoms with Crippen LogP contribution in [0, 0.1) is 0 Å². The number of carbonyl (C=O) groups excluding carboxylic acids is 1. The Labute approximate surface area is 139 Å². The van der Waals surface area contributed by atoms with Crippen molar-refractivity contribution in [3.8, 4) is 5.75 Å². The van der Waals surface area contributed by atoms with Gasteiger partial charge in [0.2, 0.25) is 5.91 Å². The van der Waals surface area contributed by atoms with E-state index >= 15 is 0 Å². The molecule has 0 unspecified atom stereocenters. The van der Waals surface area contributed by atoms with E-state index in [2.05, 4.69) is 20.6 Å². The first-order valence-corrected chi connectivity index (χ1v) is 7.68. The summed E-state index contributed by atoms with van der Waals surface area (Å²) in [5.41, 5.74) is 2.25. The first kappa shape index (κ1) is 15.7.